The molecule has 14 nitrogen and oxygen atoms in total. The number of hydrogen-bond acceptors (Lipinski definition) is 11. The zero-order valence-electron chi connectivity index (χ0n) is 25.4. The Morgan fingerprint density at radius 2 is 1.89 bits per heavy atom. The molecule has 3 unspecified atom stereocenters. The Morgan fingerprint density at radius 3 is 2.52 bits per heavy atom. The fourth-order valence-electron chi connectivity index (χ4n) is 4.85. The summed E-state index contributed by atoms with van der Waals surface area (Å²) in [4.78, 5) is 46.2. The van der Waals surface area contributed by atoms with Gasteiger partial charge in [-0.15, -0.1) is 5.06 Å². The summed E-state index contributed by atoms with van der Waals surface area (Å²) in [7, 11) is -4.19. The Hall–Kier alpha value is -3.79. The first-order valence-electron chi connectivity index (χ1n) is 14.4. The molecule has 2 heterocycles. The van der Waals surface area contributed by atoms with Crippen molar-refractivity contribution in [1.82, 2.24) is 20.1 Å². The summed E-state index contributed by atoms with van der Waals surface area (Å²) < 4.78 is 39.1. The third kappa shape index (κ3) is 10.4. The molecule has 0 aliphatic carbocycles. The van der Waals surface area contributed by atoms with E-state index in [1.807, 2.05) is 19.9 Å². The van der Waals surface area contributed by atoms with E-state index < -0.39 is 53.4 Å². The molecule has 1 amide bonds. The van der Waals surface area contributed by atoms with Gasteiger partial charge in [-0.05, 0) is 56.9 Å². The third-order valence-electron chi connectivity index (χ3n) is 6.84. The van der Waals surface area contributed by atoms with Crippen molar-refractivity contribution in [2.75, 3.05) is 38.2 Å². The van der Waals surface area contributed by atoms with E-state index >= 15 is 0 Å². The molecule has 0 saturated carbocycles. The lowest BCUT2D eigenvalue weighted by Gasteiger charge is -2.22. The number of anilines is 1. The zero-order valence-corrected chi connectivity index (χ0v) is 26.2. The van der Waals surface area contributed by atoms with Crippen LogP contribution in [0.5, 0.6) is 0 Å². The number of amides is 1. The number of nitrogens with zero attached hydrogens (tertiary/aromatic N) is 2. The number of carboxylic acid groups (broad SMARTS) is 1. The van der Waals surface area contributed by atoms with Crippen LogP contribution in [0.2, 0.25) is 0 Å². The predicted molar refractivity (Wildman–Crippen MR) is 160 cm³/mol. The molecule has 4 N–H and O–H groups in total. The number of unbranched alkanes of at least 4 members (excludes halogenated alkanes) is 1. The molecule has 44 heavy (non-hydrogen) atoms. The number of carbonyl (C=O) groups excluding carboxylic acids is 2. The summed E-state index contributed by atoms with van der Waals surface area (Å²) in [6, 6.07) is 6.88. The van der Waals surface area contributed by atoms with E-state index in [4.69, 9.17) is 14.3 Å². The van der Waals surface area contributed by atoms with Gasteiger partial charge in [0.1, 0.15) is 18.5 Å². The van der Waals surface area contributed by atoms with Crippen molar-refractivity contribution in [3.63, 3.8) is 0 Å². The molecular weight excluding hydrogens is 594 g/mol. The maximum Gasteiger partial charge on any atom is 0.527 e. The SMILES string of the molecule is CCCCOC(=O)ON1CC(OCC(=O)NCC(NS(=O)(=O)c2c(C)cc(C)cc2C)C(=O)O)CC1CNc1ccccn1. The van der Waals surface area contributed by atoms with Gasteiger partial charge in [0.2, 0.25) is 15.9 Å². The Labute approximate surface area is 257 Å². The topological polar surface area (TPSA) is 185 Å². The number of aromatic nitrogens is 1. The highest BCUT2D eigenvalue weighted by molar-refractivity contribution is 7.89. The van der Waals surface area contributed by atoms with Crippen LogP contribution >= 0.6 is 0 Å². The van der Waals surface area contributed by atoms with Gasteiger partial charge in [0.05, 0.1) is 30.2 Å². The maximum atomic E-state index is 13.0. The van der Waals surface area contributed by atoms with Crippen LogP contribution in [-0.4, -0.2) is 92.6 Å². The zero-order chi connectivity index (χ0) is 32.3. The highest BCUT2D eigenvalue weighted by Gasteiger charge is 2.36. The highest BCUT2D eigenvalue weighted by Crippen LogP contribution is 2.23. The van der Waals surface area contributed by atoms with E-state index in [-0.39, 0.29) is 24.1 Å². The molecule has 0 spiro atoms. The largest absolute Gasteiger partial charge is 0.527 e. The van der Waals surface area contributed by atoms with Crippen molar-refractivity contribution >= 4 is 33.9 Å². The van der Waals surface area contributed by atoms with Gasteiger partial charge >= 0.3 is 12.1 Å². The highest BCUT2D eigenvalue weighted by atomic mass is 32.2. The average Bonchev–Trinajstić information content (AvgIpc) is 3.33. The predicted octanol–water partition coefficient (Wildman–Crippen LogP) is 2.29. The van der Waals surface area contributed by atoms with Crippen LogP contribution in [0.3, 0.4) is 0 Å². The summed E-state index contributed by atoms with van der Waals surface area (Å²) in [5, 5.41) is 16.7. The van der Waals surface area contributed by atoms with Crippen LogP contribution < -0.4 is 15.4 Å². The average molecular weight is 636 g/mol. The van der Waals surface area contributed by atoms with E-state index in [0.717, 1.165) is 12.0 Å². The minimum atomic E-state index is -4.19. The van der Waals surface area contributed by atoms with Gasteiger partial charge in [-0.2, -0.15) is 4.72 Å². The van der Waals surface area contributed by atoms with E-state index in [9.17, 15) is 27.9 Å². The molecule has 0 bridgehead atoms. The lowest BCUT2D eigenvalue weighted by molar-refractivity contribution is -0.142. The first-order valence-corrected chi connectivity index (χ1v) is 15.9. The number of hydroxylamine groups is 2. The molecule has 1 aliphatic rings. The van der Waals surface area contributed by atoms with Crippen molar-refractivity contribution in [2.45, 2.75) is 70.0 Å². The lowest BCUT2D eigenvalue weighted by Crippen LogP contribution is -2.49. The second-order valence-corrected chi connectivity index (χ2v) is 12.3. The maximum absolute atomic E-state index is 13.0. The summed E-state index contributed by atoms with van der Waals surface area (Å²) in [5.41, 5.74) is 1.84. The summed E-state index contributed by atoms with van der Waals surface area (Å²) in [5.74, 6) is -1.45. The van der Waals surface area contributed by atoms with Crippen LogP contribution in [0.4, 0.5) is 10.6 Å². The number of carboxylic acids is 1. The first-order chi connectivity index (χ1) is 20.9. The standard InChI is InChI=1S/C29H41N5O9S/c1-5-6-11-41-29(38)43-34-17-23(14-22(34)15-31-25-9-7-8-10-30-25)42-18-26(35)32-16-24(28(36)37)33-44(39,40)27-20(3)12-19(2)13-21(27)4/h7-10,12-13,22-24,33H,5-6,11,14-18H2,1-4H3,(H,30,31)(H,32,35)(H,36,37). The van der Waals surface area contributed by atoms with Crippen LogP contribution in [0.25, 0.3) is 0 Å². The van der Waals surface area contributed by atoms with Gasteiger partial charge in [0, 0.05) is 19.3 Å². The van der Waals surface area contributed by atoms with Gasteiger partial charge in [-0.1, -0.05) is 37.1 Å². The number of pyridine rings is 1. The number of benzene rings is 1. The minimum absolute atomic E-state index is 0.00153. The van der Waals surface area contributed by atoms with Crippen molar-refractivity contribution < 1.29 is 42.2 Å². The normalized spacial score (nSPS) is 17.5. The van der Waals surface area contributed by atoms with Crippen molar-refractivity contribution in [3.05, 3.63) is 53.2 Å². The van der Waals surface area contributed by atoms with E-state index in [2.05, 4.69) is 20.3 Å². The number of rotatable bonds is 16. The molecule has 2 aromatic rings. The number of sulfonamides is 1. The molecule has 1 aromatic heterocycles. The number of aryl methyl sites for hydroxylation is 3. The van der Waals surface area contributed by atoms with E-state index in [1.54, 1.807) is 44.3 Å². The molecule has 3 rings (SSSR count). The molecule has 3 atom stereocenters. The van der Waals surface area contributed by atoms with E-state index in [0.29, 0.717) is 36.3 Å². The number of nitrogens with one attached hydrogen (secondary N) is 3. The molecule has 1 saturated heterocycles. The van der Waals surface area contributed by atoms with Crippen LogP contribution in [-0.2, 0) is 33.9 Å². The van der Waals surface area contributed by atoms with Gasteiger partial charge in [0.25, 0.3) is 0 Å². The van der Waals surface area contributed by atoms with Crippen molar-refractivity contribution in [3.8, 4) is 0 Å². The van der Waals surface area contributed by atoms with Crippen LogP contribution in [0.1, 0.15) is 42.9 Å². The molecular formula is C29H41N5O9S. The van der Waals surface area contributed by atoms with Gasteiger partial charge in [-0.25, -0.2) is 18.2 Å². The van der Waals surface area contributed by atoms with Crippen LogP contribution in [0, 0.1) is 20.8 Å². The van der Waals surface area contributed by atoms with E-state index in [1.165, 1.54) is 5.06 Å². The molecule has 1 aromatic carbocycles. The third-order valence-corrected chi connectivity index (χ3v) is 8.62. The Morgan fingerprint density at radius 1 is 1.16 bits per heavy atom. The lowest BCUT2D eigenvalue weighted by atomic mass is 10.1. The summed E-state index contributed by atoms with van der Waals surface area (Å²) in [6.07, 6.45) is 2.28. The molecule has 1 aliphatic heterocycles. The quantitative estimate of drug-likeness (QED) is 0.156. The Kier molecular flexibility index (Phi) is 12.9. The van der Waals surface area contributed by atoms with Gasteiger partial charge in [-0.3, -0.25) is 9.59 Å². The summed E-state index contributed by atoms with van der Waals surface area (Å²) >= 11 is 0. The van der Waals surface area contributed by atoms with Crippen molar-refractivity contribution in [1.29, 1.82) is 0 Å². The Bertz CT molecular complexity index is 1370. The van der Waals surface area contributed by atoms with Crippen LogP contribution in [0.15, 0.2) is 41.4 Å². The van der Waals surface area contributed by atoms with Crippen molar-refractivity contribution in [2.24, 2.45) is 0 Å². The number of hydrogen-bond donors (Lipinski definition) is 4. The summed E-state index contributed by atoms with van der Waals surface area (Å²) in [6.45, 7) is 6.91. The fraction of sp³-hybridized carbons (Fsp3) is 0.517. The Balaban J connectivity index is 1.55. The monoisotopic (exact) mass is 635 g/mol. The van der Waals surface area contributed by atoms with Gasteiger partial charge in [0.15, 0.2) is 0 Å². The minimum Gasteiger partial charge on any atom is -0.480 e. The molecule has 0 radical (unpaired) electrons. The second-order valence-electron chi connectivity index (χ2n) is 10.6. The second kappa shape index (κ2) is 16.3. The number of aliphatic carboxylic acids is 1. The molecule has 242 valence electrons. The smallest absolute Gasteiger partial charge is 0.480 e. The number of ether oxygens (including phenoxy) is 2. The first kappa shape index (κ1) is 34.7. The number of carbonyl (C=O) groups is 3. The molecule has 1 fully saturated rings. The molecule has 15 heteroatoms. The fourth-order valence-corrected chi connectivity index (χ4v) is 6.49. The van der Waals surface area contributed by atoms with Gasteiger partial charge < -0.3 is 30.1 Å².